The van der Waals surface area contributed by atoms with E-state index in [1.165, 1.54) is 5.56 Å². The lowest BCUT2D eigenvalue weighted by Gasteiger charge is -2.16. The Morgan fingerprint density at radius 2 is 1.52 bits per heavy atom. The van der Waals surface area contributed by atoms with Crippen molar-refractivity contribution in [3.63, 3.8) is 0 Å². The number of aryl methyl sites for hydroxylation is 1. The first-order valence-electron chi connectivity index (χ1n) is 9.38. The molecule has 0 unspecified atom stereocenters. The fourth-order valence-electron chi connectivity index (χ4n) is 2.90. The summed E-state index contributed by atoms with van der Waals surface area (Å²) in [6.07, 6.45) is 0. The first-order chi connectivity index (χ1) is 14.1. The molecule has 0 spiro atoms. The van der Waals surface area contributed by atoms with Gasteiger partial charge < -0.3 is 24.8 Å². The van der Waals surface area contributed by atoms with E-state index in [4.69, 9.17) is 14.2 Å². The molecule has 2 N–H and O–H groups in total. The summed E-state index contributed by atoms with van der Waals surface area (Å²) in [7, 11) is 0. The maximum atomic E-state index is 12.5. The second kappa shape index (κ2) is 8.14. The molecule has 1 atom stereocenters. The molecule has 0 bridgehead atoms. The van der Waals surface area contributed by atoms with Gasteiger partial charge in [0.25, 0.3) is 0 Å². The van der Waals surface area contributed by atoms with Crippen LogP contribution in [0.5, 0.6) is 23.0 Å². The summed E-state index contributed by atoms with van der Waals surface area (Å²) >= 11 is 0. The zero-order valence-electron chi connectivity index (χ0n) is 16.3. The fourth-order valence-corrected chi connectivity index (χ4v) is 2.90. The molecule has 1 aliphatic rings. The number of hydrogen-bond donors (Lipinski definition) is 2. The van der Waals surface area contributed by atoms with Crippen molar-refractivity contribution in [3.8, 4) is 23.0 Å². The number of ether oxygens (including phenoxy) is 3. The number of nitrogens with one attached hydrogen (secondary N) is 2. The van der Waals surface area contributed by atoms with E-state index in [9.17, 15) is 4.79 Å². The quantitative estimate of drug-likeness (QED) is 0.623. The molecule has 0 radical (unpaired) electrons. The minimum Gasteiger partial charge on any atom is -0.457 e. The standard InChI is InChI=1S/C23H22N2O4/c1-15-3-8-19(9-4-15)29-20-10-5-17(6-11-20)24-16(2)23(26)25-18-7-12-21-22(13-18)28-14-27-21/h3-13,16,24H,14H2,1-2H3,(H,25,26)/t16-/m1/s1. The van der Waals surface area contributed by atoms with Crippen LogP contribution in [0, 0.1) is 6.92 Å². The summed E-state index contributed by atoms with van der Waals surface area (Å²) in [5.74, 6) is 2.68. The van der Waals surface area contributed by atoms with Crippen LogP contribution in [0.4, 0.5) is 11.4 Å². The minimum atomic E-state index is -0.427. The third-order valence-electron chi connectivity index (χ3n) is 4.53. The van der Waals surface area contributed by atoms with E-state index >= 15 is 0 Å². The Morgan fingerprint density at radius 3 is 2.24 bits per heavy atom. The molecule has 1 heterocycles. The zero-order valence-corrected chi connectivity index (χ0v) is 16.3. The second-order valence-corrected chi connectivity index (χ2v) is 6.86. The minimum absolute atomic E-state index is 0.149. The van der Waals surface area contributed by atoms with Crippen LogP contribution in [0.15, 0.2) is 66.7 Å². The number of benzene rings is 3. The molecule has 29 heavy (non-hydrogen) atoms. The number of anilines is 2. The van der Waals surface area contributed by atoms with Gasteiger partial charge in [0.05, 0.1) is 0 Å². The van der Waals surface area contributed by atoms with Crippen molar-refractivity contribution < 1.29 is 19.0 Å². The predicted octanol–water partition coefficient (Wildman–Crippen LogP) is 4.96. The highest BCUT2D eigenvalue weighted by Gasteiger charge is 2.17. The van der Waals surface area contributed by atoms with Crippen molar-refractivity contribution >= 4 is 17.3 Å². The first-order valence-corrected chi connectivity index (χ1v) is 9.38. The van der Waals surface area contributed by atoms with Gasteiger partial charge in [0.15, 0.2) is 11.5 Å². The van der Waals surface area contributed by atoms with Gasteiger partial charge in [-0.05, 0) is 62.4 Å². The number of amides is 1. The van der Waals surface area contributed by atoms with Gasteiger partial charge in [-0.15, -0.1) is 0 Å². The smallest absolute Gasteiger partial charge is 0.246 e. The Balaban J connectivity index is 1.33. The normalized spacial score (nSPS) is 12.9. The van der Waals surface area contributed by atoms with Gasteiger partial charge in [-0.25, -0.2) is 0 Å². The zero-order chi connectivity index (χ0) is 20.2. The molecule has 3 aromatic rings. The van der Waals surface area contributed by atoms with Crippen LogP contribution >= 0.6 is 0 Å². The molecule has 0 aliphatic carbocycles. The van der Waals surface area contributed by atoms with Gasteiger partial charge in [0.2, 0.25) is 12.7 Å². The van der Waals surface area contributed by atoms with Crippen LogP contribution in [0.3, 0.4) is 0 Å². The molecule has 148 valence electrons. The molecule has 0 aromatic heterocycles. The van der Waals surface area contributed by atoms with E-state index in [2.05, 4.69) is 10.6 Å². The van der Waals surface area contributed by atoms with Crippen LogP contribution in [0.1, 0.15) is 12.5 Å². The van der Waals surface area contributed by atoms with E-state index in [1.54, 1.807) is 25.1 Å². The summed E-state index contributed by atoms with van der Waals surface area (Å²) in [6.45, 7) is 4.04. The lowest BCUT2D eigenvalue weighted by Crippen LogP contribution is -2.31. The maximum absolute atomic E-state index is 12.5. The fraction of sp³-hybridized carbons (Fsp3) is 0.174. The number of rotatable bonds is 6. The summed E-state index contributed by atoms with van der Waals surface area (Å²) in [5.41, 5.74) is 2.68. The summed E-state index contributed by atoms with van der Waals surface area (Å²) < 4.78 is 16.4. The Labute approximate surface area is 169 Å². The van der Waals surface area contributed by atoms with Crippen molar-refractivity contribution in [2.75, 3.05) is 17.4 Å². The SMILES string of the molecule is Cc1ccc(Oc2ccc(N[C@H](C)C(=O)Nc3ccc4c(c3)OCO4)cc2)cc1. The molecule has 1 amide bonds. The highest BCUT2D eigenvalue weighted by molar-refractivity contribution is 5.96. The van der Waals surface area contributed by atoms with Crippen LogP contribution in [0.2, 0.25) is 0 Å². The number of hydrogen-bond acceptors (Lipinski definition) is 5. The molecule has 4 rings (SSSR count). The number of carbonyl (C=O) groups is 1. The number of carbonyl (C=O) groups excluding carboxylic acids is 1. The van der Waals surface area contributed by atoms with Crippen LogP contribution in [-0.2, 0) is 4.79 Å². The largest absolute Gasteiger partial charge is 0.457 e. The van der Waals surface area contributed by atoms with Crippen molar-refractivity contribution in [1.82, 2.24) is 0 Å². The Hall–Kier alpha value is -3.67. The third-order valence-corrected chi connectivity index (χ3v) is 4.53. The molecule has 0 saturated carbocycles. The van der Waals surface area contributed by atoms with Gasteiger partial charge in [-0.1, -0.05) is 17.7 Å². The summed E-state index contributed by atoms with van der Waals surface area (Å²) in [4.78, 5) is 12.5. The highest BCUT2D eigenvalue weighted by atomic mass is 16.7. The van der Waals surface area contributed by atoms with E-state index < -0.39 is 6.04 Å². The monoisotopic (exact) mass is 390 g/mol. The van der Waals surface area contributed by atoms with E-state index in [-0.39, 0.29) is 12.7 Å². The van der Waals surface area contributed by atoms with E-state index in [1.807, 2.05) is 55.5 Å². The van der Waals surface area contributed by atoms with Gasteiger partial charge in [0, 0.05) is 17.4 Å². The second-order valence-electron chi connectivity index (χ2n) is 6.86. The van der Waals surface area contributed by atoms with Gasteiger partial charge >= 0.3 is 0 Å². The highest BCUT2D eigenvalue weighted by Crippen LogP contribution is 2.34. The Morgan fingerprint density at radius 1 is 0.897 bits per heavy atom. The predicted molar refractivity (Wildman–Crippen MR) is 112 cm³/mol. The molecular formula is C23H22N2O4. The molecule has 6 nitrogen and oxygen atoms in total. The van der Waals surface area contributed by atoms with Crippen molar-refractivity contribution in [2.24, 2.45) is 0 Å². The molecule has 3 aromatic carbocycles. The molecule has 0 saturated heterocycles. The first kappa shape index (κ1) is 18.7. The lowest BCUT2D eigenvalue weighted by atomic mass is 10.2. The van der Waals surface area contributed by atoms with Gasteiger partial charge in [-0.3, -0.25) is 4.79 Å². The Bertz CT molecular complexity index is 1000. The van der Waals surface area contributed by atoms with E-state index in [0.717, 1.165) is 17.2 Å². The molecular weight excluding hydrogens is 368 g/mol. The summed E-state index contributed by atoms with van der Waals surface area (Å²) in [6, 6.07) is 20.3. The van der Waals surface area contributed by atoms with Crippen molar-refractivity contribution in [2.45, 2.75) is 19.9 Å². The van der Waals surface area contributed by atoms with E-state index in [0.29, 0.717) is 17.2 Å². The third kappa shape index (κ3) is 4.60. The molecule has 6 heteroatoms. The molecule has 0 fully saturated rings. The van der Waals surface area contributed by atoms with Crippen LogP contribution in [0.25, 0.3) is 0 Å². The van der Waals surface area contributed by atoms with Crippen LogP contribution < -0.4 is 24.8 Å². The van der Waals surface area contributed by atoms with Crippen molar-refractivity contribution in [1.29, 1.82) is 0 Å². The number of fused-ring (bicyclic) bond motifs is 1. The average molecular weight is 390 g/mol. The summed E-state index contributed by atoms with van der Waals surface area (Å²) in [5, 5.41) is 6.07. The van der Waals surface area contributed by atoms with Gasteiger partial charge in [-0.2, -0.15) is 0 Å². The lowest BCUT2D eigenvalue weighted by molar-refractivity contribution is -0.116. The van der Waals surface area contributed by atoms with Crippen molar-refractivity contribution in [3.05, 3.63) is 72.3 Å². The maximum Gasteiger partial charge on any atom is 0.246 e. The topological polar surface area (TPSA) is 68.8 Å². The molecule has 1 aliphatic heterocycles. The van der Waals surface area contributed by atoms with Gasteiger partial charge in [0.1, 0.15) is 17.5 Å². The Kier molecular flexibility index (Phi) is 5.24. The average Bonchev–Trinajstić information content (AvgIpc) is 3.19. The van der Waals surface area contributed by atoms with Crippen LogP contribution in [-0.4, -0.2) is 18.7 Å².